The van der Waals surface area contributed by atoms with Gasteiger partial charge in [0.25, 0.3) is 5.69 Å². The van der Waals surface area contributed by atoms with Crippen LogP contribution in [0.15, 0.2) is 140 Å². The largest absolute Gasteiger partial charge is 0.399 e. The van der Waals surface area contributed by atoms with E-state index in [0.29, 0.717) is 5.69 Å². The average molecular weight is 493 g/mol. The predicted octanol–water partition coefficient (Wildman–Crippen LogP) is 6.17. The highest BCUT2D eigenvalue weighted by molar-refractivity contribution is 7.85. The van der Waals surface area contributed by atoms with Gasteiger partial charge in [-0.3, -0.25) is 10.1 Å². The van der Waals surface area contributed by atoms with Crippen molar-refractivity contribution >= 4 is 34.4 Å². The molecule has 36 heavy (non-hydrogen) atoms. The number of nitrogen functional groups attached to an aromatic ring is 1. The predicted molar refractivity (Wildman–Crippen MR) is 149 cm³/mol. The Kier molecular flexibility index (Phi) is 7.74. The molecule has 0 atom stereocenters. The van der Waals surface area contributed by atoms with Crippen molar-refractivity contribution in [3.05, 3.63) is 150 Å². The summed E-state index contributed by atoms with van der Waals surface area (Å²) in [6.07, 6.45) is 0. The molecule has 2 N–H and O–H groups in total. The minimum absolute atomic E-state index is 0.0965. The van der Waals surface area contributed by atoms with Crippen LogP contribution in [0.4, 0.5) is 11.4 Å². The molecule has 0 saturated carbocycles. The average Bonchev–Trinajstić information content (AvgIpc) is 2.95. The van der Waals surface area contributed by atoms with Crippen LogP contribution < -0.4 is 21.6 Å². The lowest BCUT2D eigenvalue weighted by Gasteiger charge is -2.19. The minimum atomic E-state index is -2.78. The molecule has 0 aliphatic heterocycles. The molecule has 178 valence electrons. The molecule has 5 rings (SSSR count). The molecule has 5 aromatic carbocycles. The molecule has 5 nitrogen and oxygen atoms in total. The quantitative estimate of drug-likeness (QED) is 0.138. The summed E-state index contributed by atoms with van der Waals surface area (Å²) in [6, 6.07) is 43.0. The van der Waals surface area contributed by atoms with Gasteiger partial charge in [0.1, 0.15) is 0 Å². The van der Waals surface area contributed by atoms with Gasteiger partial charge in [-0.05, 0) is 35.4 Å². The Morgan fingerprint density at radius 2 is 0.861 bits per heavy atom. The maximum atomic E-state index is 13.8. The summed E-state index contributed by atoms with van der Waals surface area (Å²) in [5, 5.41) is 13.1. The third-order valence-electron chi connectivity index (χ3n) is 5.68. The molecule has 0 fully saturated rings. The molecule has 5 aromatic rings. The van der Waals surface area contributed by atoms with Gasteiger partial charge in [0.15, 0.2) is 7.14 Å². The number of anilines is 1. The van der Waals surface area contributed by atoms with Gasteiger partial charge < -0.3 is 10.3 Å². The van der Waals surface area contributed by atoms with Crippen LogP contribution in [-0.2, 0) is 4.57 Å². The number of hydrogen-bond donors (Lipinski definition) is 1. The highest BCUT2D eigenvalue weighted by Gasteiger charge is 2.28. The van der Waals surface area contributed by atoms with E-state index in [-0.39, 0.29) is 5.69 Å². The summed E-state index contributed by atoms with van der Waals surface area (Å²) >= 11 is 0. The van der Waals surface area contributed by atoms with E-state index in [1.54, 1.807) is 24.3 Å². The first-order valence-corrected chi connectivity index (χ1v) is 13.1. The van der Waals surface area contributed by atoms with Crippen molar-refractivity contribution in [1.82, 2.24) is 0 Å². The maximum absolute atomic E-state index is 13.8. The summed E-state index contributed by atoms with van der Waals surface area (Å²) in [6.45, 7) is 0. The van der Waals surface area contributed by atoms with E-state index in [1.165, 1.54) is 12.1 Å². The van der Waals surface area contributed by atoms with Gasteiger partial charge in [-0.15, -0.1) is 0 Å². The van der Waals surface area contributed by atoms with Crippen LogP contribution in [0.3, 0.4) is 0 Å². The van der Waals surface area contributed by atoms with E-state index in [1.807, 2.05) is 103 Å². The number of nitrogens with zero attached hydrogens (tertiary/aromatic N) is 1. The van der Waals surface area contributed by atoms with Gasteiger partial charge in [0.05, 0.1) is 4.92 Å². The fraction of sp³-hybridized carbons (Fsp3) is 0. The topological polar surface area (TPSA) is 86.2 Å². The van der Waals surface area contributed by atoms with Crippen molar-refractivity contribution in [3.8, 4) is 11.1 Å². The van der Waals surface area contributed by atoms with E-state index in [4.69, 9.17) is 5.73 Å². The fourth-order valence-electron chi connectivity index (χ4n) is 3.81. The van der Waals surface area contributed by atoms with Gasteiger partial charge in [-0.1, -0.05) is 103 Å². The Morgan fingerprint density at radius 1 is 0.528 bits per heavy atom. The summed E-state index contributed by atoms with van der Waals surface area (Å²) in [7, 11) is -2.78. The molecule has 0 saturated heterocycles. The minimum Gasteiger partial charge on any atom is -0.399 e. The number of rotatable bonds is 5. The van der Waals surface area contributed by atoms with Crippen molar-refractivity contribution in [2.75, 3.05) is 5.73 Å². The van der Waals surface area contributed by atoms with Gasteiger partial charge in [0, 0.05) is 33.7 Å². The maximum Gasteiger partial charge on any atom is 0.269 e. The lowest BCUT2D eigenvalue weighted by atomic mass is 10.1. The van der Waals surface area contributed by atoms with E-state index in [9.17, 15) is 14.7 Å². The lowest BCUT2D eigenvalue weighted by Crippen LogP contribution is -2.24. The smallest absolute Gasteiger partial charge is 0.269 e. The fourth-order valence-corrected chi connectivity index (χ4v) is 6.48. The molecule has 6 heteroatoms. The van der Waals surface area contributed by atoms with Gasteiger partial charge in [-0.25, -0.2) is 0 Å². The van der Waals surface area contributed by atoms with E-state index in [0.717, 1.165) is 27.0 Å². The van der Waals surface area contributed by atoms with Crippen LogP contribution in [0.2, 0.25) is 0 Å². The zero-order chi connectivity index (χ0) is 25.4. The molecular weight excluding hydrogens is 467 g/mol. The highest BCUT2D eigenvalue weighted by Crippen LogP contribution is 2.41. The van der Waals surface area contributed by atoms with E-state index >= 15 is 0 Å². The zero-order valence-corrected chi connectivity index (χ0v) is 20.4. The lowest BCUT2D eigenvalue weighted by molar-refractivity contribution is -0.384. The molecular formula is C30H25N2O3P. The second kappa shape index (κ2) is 11.3. The number of nitro benzene ring substituents is 1. The van der Waals surface area contributed by atoms with Gasteiger partial charge >= 0.3 is 0 Å². The van der Waals surface area contributed by atoms with Gasteiger partial charge in [0.2, 0.25) is 0 Å². The molecule has 0 spiro atoms. The SMILES string of the molecule is Nc1ccc(-c2ccc([N+](=O)[O-])cc2)cc1.O=P(c1ccccc1)(c1ccccc1)c1ccccc1. The number of hydrogen-bond acceptors (Lipinski definition) is 4. The molecule has 0 aliphatic rings. The summed E-state index contributed by atoms with van der Waals surface area (Å²) in [5.74, 6) is 0. The van der Waals surface area contributed by atoms with Crippen molar-refractivity contribution in [2.45, 2.75) is 0 Å². The van der Waals surface area contributed by atoms with Crippen molar-refractivity contribution < 1.29 is 9.49 Å². The van der Waals surface area contributed by atoms with Crippen LogP contribution in [0.5, 0.6) is 0 Å². The third kappa shape index (κ3) is 5.60. The van der Waals surface area contributed by atoms with Crippen LogP contribution in [0.25, 0.3) is 11.1 Å². The van der Waals surface area contributed by atoms with Crippen LogP contribution >= 0.6 is 7.14 Å². The second-order valence-corrected chi connectivity index (χ2v) is 10.8. The van der Waals surface area contributed by atoms with Gasteiger partial charge in [-0.2, -0.15) is 0 Å². The summed E-state index contributed by atoms with van der Waals surface area (Å²) in [4.78, 5) is 10.1. The first-order valence-electron chi connectivity index (χ1n) is 11.4. The number of non-ortho nitro benzene ring substituents is 1. The van der Waals surface area contributed by atoms with Crippen LogP contribution in [0.1, 0.15) is 0 Å². The van der Waals surface area contributed by atoms with Crippen molar-refractivity contribution in [2.24, 2.45) is 0 Å². The Labute approximate surface area is 210 Å². The molecule has 0 aromatic heterocycles. The number of benzene rings is 5. The molecule has 0 aliphatic carbocycles. The van der Waals surface area contributed by atoms with E-state index < -0.39 is 12.1 Å². The first-order chi connectivity index (χ1) is 17.5. The van der Waals surface area contributed by atoms with Crippen LogP contribution in [-0.4, -0.2) is 4.92 Å². The van der Waals surface area contributed by atoms with Crippen molar-refractivity contribution in [3.63, 3.8) is 0 Å². The monoisotopic (exact) mass is 492 g/mol. The van der Waals surface area contributed by atoms with E-state index in [2.05, 4.69) is 0 Å². The number of nitro groups is 1. The molecule has 0 heterocycles. The molecule has 0 radical (unpaired) electrons. The van der Waals surface area contributed by atoms with Crippen molar-refractivity contribution in [1.29, 1.82) is 0 Å². The Bertz CT molecular complexity index is 1350. The Morgan fingerprint density at radius 3 is 1.19 bits per heavy atom. The van der Waals surface area contributed by atoms with Crippen LogP contribution in [0, 0.1) is 10.1 Å². The second-order valence-electron chi connectivity index (χ2n) is 8.04. The molecule has 0 unspecified atom stereocenters. The summed E-state index contributed by atoms with van der Waals surface area (Å²) < 4.78 is 13.8. The Balaban J connectivity index is 0.000000174. The Hall–Kier alpha value is -4.47. The highest BCUT2D eigenvalue weighted by atomic mass is 31.2. The zero-order valence-electron chi connectivity index (χ0n) is 19.5. The third-order valence-corrected chi connectivity index (χ3v) is 8.76. The summed E-state index contributed by atoms with van der Waals surface area (Å²) in [5.41, 5.74) is 8.30. The first kappa shape index (κ1) is 24.6. The normalized spacial score (nSPS) is 10.7. The number of nitrogens with two attached hydrogens (primary N) is 1. The molecule has 0 amide bonds. The standard InChI is InChI=1S/C18H15OP.C12H10N2O2/c19-20(16-10-4-1-5-11-16,17-12-6-2-7-13-17)18-14-8-3-9-15-18;13-11-5-1-9(2-6-11)10-3-7-12(8-4-10)14(15)16/h1-15H;1-8H,13H2. The molecule has 0 bridgehead atoms.